The van der Waals surface area contributed by atoms with Gasteiger partial charge in [-0.05, 0) is 48.4 Å². The topological polar surface area (TPSA) is 29.3 Å². The number of hydrogen-bond donors (Lipinski definition) is 1. The Bertz CT molecular complexity index is 441. The van der Waals surface area contributed by atoms with E-state index in [-0.39, 0.29) is 11.4 Å². The molecule has 2 nitrogen and oxygen atoms in total. The van der Waals surface area contributed by atoms with Crippen molar-refractivity contribution in [1.29, 1.82) is 0 Å². The first-order valence-corrected chi connectivity index (χ1v) is 7.00. The smallest absolute Gasteiger partial charge is 0.123 e. The highest BCUT2D eigenvalue weighted by Gasteiger charge is 2.50. The van der Waals surface area contributed by atoms with Crippen LogP contribution in [0.15, 0.2) is 24.3 Å². The van der Waals surface area contributed by atoms with E-state index in [1.54, 1.807) is 0 Å². The van der Waals surface area contributed by atoms with E-state index in [1.807, 2.05) is 12.1 Å². The largest absolute Gasteiger partial charge is 0.367 e. The third kappa shape index (κ3) is 2.48. The lowest BCUT2D eigenvalue weighted by molar-refractivity contribution is 0.316. The van der Waals surface area contributed by atoms with Crippen LogP contribution in [0.4, 0.5) is 10.1 Å². The molecule has 1 fully saturated rings. The highest BCUT2D eigenvalue weighted by atomic mass is 19.1. The van der Waals surface area contributed by atoms with Crippen LogP contribution in [-0.2, 0) is 0 Å². The first-order chi connectivity index (χ1) is 8.81. The second-order valence-corrected chi connectivity index (χ2v) is 6.79. The molecule has 1 saturated carbocycles. The fraction of sp³-hybridized carbons (Fsp3) is 0.625. The van der Waals surface area contributed by atoms with E-state index in [2.05, 4.69) is 32.7 Å². The zero-order valence-electron chi connectivity index (χ0n) is 12.4. The van der Waals surface area contributed by atoms with Gasteiger partial charge in [0.1, 0.15) is 5.82 Å². The summed E-state index contributed by atoms with van der Waals surface area (Å²) < 4.78 is 13.1. The average molecular weight is 264 g/mol. The summed E-state index contributed by atoms with van der Waals surface area (Å²) in [6, 6.07) is 6.71. The average Bonchev–Trinajstić information content (AvgIpc) is 2.59. The van der Waals surface area contributed by atoms with Crippen LogP contribution in [0.25, 0.3) is 0 Å². The van der Waals surface area contributed by atoms with Crippen LogP contribution in [0.5, 0.6) is 0 Å². The number of nitrogens with zero attached hydrogens (tertiary/aromatic N) is 1. The number of nitrogens with two attached hydrogens (primary N) is 1. The van der Waals surface area contributed by atoms with Gasteiger partial charge in [0.25, 0.3) is 0 Å². The number of likely N-dealkylation sites (N-methyl/N-ethyl adjacent to an activating group) is 1. The van der Waals surface area contributed by atoms with Crippen LogP contribution in [0.2, 0.25) is 0 Å². The maximum Gasteiger partial charge on any atom is 0.123 e. The number of hydrogen-bond acceptors (Lipinski definition) is 2. The summed E-state index contributed by atoms with van der Waals surface area (Å²) in [5.74, 6) is 0.335. The van der Waals surface area contributed by atoms with Gasteiger partial charge in [0.15, 0.2) is 0 Å². The Labute approximate surface area is 115 Å². The molecular formula is C16H25FN2. The maximum absolute atomic E-state index is 13.1. The van der Waals surface area contributed by atoms with Gasteiger partial charge >= 0.3 is 0 Å². The Hall–Kier alpha value is -1.09. The molecule has 1 aromatic rings. The lowest BCUT2D eigenvalue weighted by Crippen LogP contribution is -2.54. The summed E-state index contributed by atoms with van der Waals surface area (Å²) in [5, 5.41) is 0. The summed E-state index contributed by atoms with van der Waals surface area (Å²) >= 11 is 0. The zero-order valence-corrected chi connectivity index (χ0v) is 12.4. The van der Waals surface area contributed by atoms with Gasteiger partial charge in [0, 0.05) is 19.3 Å². The Kier molecular flexibility index (Phi) is 3.61. The number of anilines is 1. The fourth-order valence-electron chi connectivity index (χ4n) is 3.88. The Morgan fingerprint density at radius 3 is 2.32 bits per heavy atom. The molecule has 2 N–H and O–H groups in total. The molecule has 0 spiro atoms. The minimum atomic E-state index is -0.196. The van der Waals surface area contributed by atoms with E-state index in [0.29, 0.717) is 17.9 Å². The van der Waals surface area contributed by atoms with Crippen LogP contribution >= 0.6 is 0 Å². The summed E-state index contributed by atoms with van der Waals surface area (Å²) in [4.78, 5) is 2.26. The van der Waals surface area contributed by atoms with Crippen LogP contribution in [0, 0.1) is 17.2 Å². The lowest BCUT2D eigenvalue weighted by atomic mass is 9.84. The highest BCUT2D eigenvalue weighted by molar-refractivity contribution is 5.49. The van der Waals surface area contributed by atoms with Gasteiger partial charge < -0.3 is 10.6 Å². The van der Waals surface area contributed by atoms with Crippen molar-refractivity contribution in [1.82, 2.24) is 0 Å². The van der Waals surface area contributed by atoms with E-state index in [0.717, 1.165) is 12.1 Å². The van der Waals surface area contributed by atoms with Gasteiger partial charge in [-0.25, -0.2) is 4.39 Å². The van der Waals surface area contributed by atoms with Gasteiger partial charge in [-0.15, -0.1) is 0 Å². The summed E-state index contributed by atoms with van der Waals surface area (Å²) in [6.45, 7) is 7.52. The summed E-state index contributed by atoms with van der Waals surface area (Å²) in [6.07, 6.45) is 2.25. The molecule has 1 aliphatic rings. The quantitative estimate of drug-likeness (QED) is 0.906. The van der Waals surface area contributed by atoms with E-state index < -0.39 is 0 Å². The molecular weight excluding hydrogens is 239 g/mol. The van der Waals surface area contributed by atoms with Gasteiger partial charge in [-0.1, -0.05) is 20.8 Å². The molecule has 19 heavy (non-hydrogen) atoms. The van der Waals surface area contributed by atoms with Crippen LogP contribution in [-0.4, -0.2) is 19.1 Å². The molecule has 0 aliphatic heterocycles. The van der Waals surface area contributed by atoms with E-state index in [1.165, 1.54) is 18.6 Å². The number of rotatable bonds is 3. The van der Waals surface area contributed by atoms with E-state index in [9.17, 15) is 4.39 Å². The second kappa shape index (κ2) is 4.78. The molecule has 2 unspecified atom stereocenters. The van der Waals surface area contributed by atoms with Crippen molar-refractivity contribution in [3.8, 4) is 0 Å². The van der Waals surface area contributed by atoms with Crippen molar-refractivity contribution in [2.75, 3.05) is 18.5 Å². The van der Waals surface area contributed by atoms with Crippen molar-refractivity contribution in [3.63, 3.8) is 0 Å². The molecule has 0 bridgehead atoms. The van der Waals surface area contributed by atoms with Crippen molar-refractivity contribution in [2.45, 2.75) is 39.2 Å². The van der Waals surface area contributed by atoms with Crippen molar-refractivity contribution in [3.05, 3.63) is 30.1 Å². The first-order valence-electron chi connectivity index (χ1n) is 7.00. The Morgan fingerprint density at radius 2 is 1.89 bits per heavy atom. The number of benzene rings is 1. The maximum atomic E-state index is 13.1. The van der Waals surface area contributed by atoms with Gasteiger partial charge in [0.2, 0.25) is 0 Å². The zero-order chi connectivity index (χ0) is 14.3. The molecule has 106 valence electrons. The third-order valence-corrected chi connectivity index (χ3v) is 4.80. The molecule has 1 aliphatic carbocycles. The van der Waals surface area contributed by atoms with Gasteiger partial charge in [-0.3, -0.25) is 0 Å². The highest BCUT2D eigenvalue weighted by Crippen LogP contribution is 2.50. The second-order valence-electron chi connectivity index (χ2n) is 6.79. The minimum absolute atomic E-state index is 0.0265. The van der Waals surface area contributed by atoms with Crippen molar-refractivity contribution in [2.24, 2.45) is 17.1 Å². The van der Waals surface area contributed by atoms with Crippen LogP contribution in [0.1, 0.15) is 33.6 Å². The normalized spacial score (nSPS) is 29.5. The Balaban J connectivity index is 2.34. The lowest BCUT2D eigenvalue weighted by Gasteiger charge is -2.43. The molecule has 3 heteroatoms. The minimum Gasteiger partial charge on any atom is -0.367 e. The standard InChI is InChI=1S/C16H25FN2/c1-12-9-15(2,3)10-16(12,11-18)19(4)14-7-5-13(17)6-8-14/h5-8,12H,9-11,18H2,1-4H3. The molecule has 0 aromatic heterocycles. The third-order valence-electron chi connectivity index (χ3n) is 4.80. The SMILES string of the molecule is CC1CC(C)(C)CC1(CN)N(C)c1ccc(F)cc1. The van der Waals surface area contributed by atoms with E-state index in [4.69, 9.17) is 5.73 Å². The van der Waals surface area contributed by atoms with Crippen LogP contribution in [0.3, 0.4) is 0 Å². The monoisotopic (exact) mass is 264 g/mol. The molecule has 0 amide bonds. The Morgan fingerprint density at radius 1 is 1.32 bits per heavy atom. The molecule has 2 atom stereocenters. The van der Waals surface area contributed by atoms with Gasteiger partial charge in [0.05, 0.1) is 5.54 Å². The molecule has 0 saturated heterocycles. The molecule has 0 heterocycles. The first kappa shape index (κ1) is 14.3. The number of halogens is 1. The summed E-state index contributed by atoms with van der Waals surface area (Å²) in [7, 11) is 2.08. The molecule has 2 rings (SSSR count). The predicted octanol–water partition coefficient (Wildman–Crippen LogP) is 3.42. The fourth-order valence-corrected chi connectivity index (χ4v) is 3.88. The molecule has 0 radical (unpaired) electrons. The predicted molar refractivity (Wildman–Crippen MR) is 78.8 cm³/mol. The summed E-state index contributed by atoms with van der Waals surface area (Å²) in [5.41, 5.74) is 7.46. The van der Waals surface area contributed by atoms with Crippen LogP contribution < -0.4 is 10.6 Å². The van der Waals surface area contributed by atoms with Gasteiger partial charge in [-0.2, -0.15) is 0 Å². The van der Waals surface area contributed by atoms with Crippen molar-refractivity contribution >= 4 is 5.69 Å². The van der Waals surface area contributed by atoms with E-state index >= 15 is 0 Å². The molecule has 1 aromatic carbocycles. The van der Waals surface area contributed by atoms with Crippen molar-refractivity contribution < 1.29 is 4.39 Å².